The summed E-state index contributed by atoms with van der Waals surface area (Å²) in [5.74, 6) is -1.19. The molecule has 0 radical (unpaired) electrons. The molecule has 4 fully saturated rings. The number of nitro benzene ring substituents is 1. The number of anilines is 3. The number of aromatic amines is 1. The Morgan fingerprint density at radius 1 is 0.986 bits per heavy atom. The Kier molecular flexibility index (Phi) is 12.7. The Balaban J connectivity index is 0.897. The van der Waals surface area contributed by atoms with Crippen molar-refractivity contribution in [3.63, 3.8) is 0 Å². The smallest absolute Gasteiger partial charge is 0.297 e. The van der Waals surface area contributed by atoms with Gasteiger partial charge < -0.3 is 29.8 Å². The van der Waals surface area contributed by atoms with Crippen LogP contribution < -0.4 is 34.3 Å². The van der Waals surface area contributed by atoms with Gasteiger partial charge in [-0.1, -0.05) is 38.1 Å². The summed E-state index contributed by atoms with van der Waals surface area (Å²) in [7, 11) is -9.17. The molecule has 0 unspecified atom stereocenters. The van der Waals surface area contributed by atoms with Crippen LogP contribution in [0.4, 0.5) is 22.9 Å². The van der Waals surface area contributed by atoms with Gasteiger partial charge >= 0.3 is 0 Å². The highest BCUT2D eigenvalue weighted by molar-refractivity contribution is 7.90. The molecule has 7 N–H and O–H groups in total. The average molecular weight is 1010 g/mol. The van der Waals surface area contributed by atoms with E-state index in [4.69, 9.17) is 14.6 Å². The summed E-state index contributed by atoms with van der Waals surface area (Å²) in [6, 6.07) is 19.5. The van der Waals surface area contributed by atoms with Gasteiger partial charge in [0.15, 0.2) is 23.0 Å². The topological polar surface area (TPSA) is 264 Å². The van der Waals surface area contributed by atoms with Gasteiger partial charge in [0.25, 0.3) is 31.8 Å². The van der Waals surface area contributed by atoms with Gasteiger partial charge in [-0.15, -0.1) is 0 Å². The number of carbonyl (C=O) groups is 1. The van der Waals surface area contributed by atoms with Crippen LogP contribution in [0.1, 0.15) is 118 Å². The van der Waals surface area contributed by atoms with Gasteiger partial charge in [0.2, 0.25) is 0 Å². The van der Waals surface area contributed by atoms with Crippen LogP contribution in [-0.2, 0) is 20.2 Å². The monoisotopic (exact) mass is 1010 g/mol. The van der Waals surface area contributed by atoms with E-state index in [9.17, 15) is 36.9 Å². The van der Waals surface area contributed by atoms with Crippen molar-refractivity contribution in [1.82, 2.24) is 19.6 Å². The average Bonchev–Trinajstić information content (AvgIpc) is 3.99. The summed E-state index contributed by atoms with van der Waals surface area (Å²) < 4.78 is 69.4. The number of carbonyl (C=O) groups excluding carboxylic acids is 1. The van der Waals surface area contributed by atoms with Gasteiger partial charge in [0.1, 0.15) is 18.0 Å². The van der Waals surface area contributed by atoms with Gasteiger partial charge in [-0.2, -0.15) is 8.42 Å². The van der Waals surface area contributed by atoms with E-state index in [0.29, 0.717) is 60.4 Å². The van der Waals surface area contributed by atoms with E-state index < -0.39 is 47.2 Å². The number of ether oxygens (including phenoxy) is 2. The predicted octanol–water partition coefficient (Wildman–Crippen LogP) is 7.82. The molecule has 5 heterocycles. The number of aliphatic hydroxyl groups is 1. The van der Waals surface area contributed by atoms with Crippen molar-refractivity contribution in [1.29, 1.82) is 0 Å². The number of nitrogens with zero attached hydrogens (tertiary/aromatic N) is 4. The maximum absolute atomic E-state index is 14.3. The zero-order valence-electron chi connectivity index (χ0n) is 40.0. The Morgan fingerprint density at radius 2 is 1.73 bits per heavy atom. The normalized spacial score (nSPS) is 23.7. The molecule has 2 atom stereocenters. The molecule has 19 nitrogen and oxygen atoms in total. The molecule has 5 aromatic rings. The Morgan fingerprint density at radius 3 is 2.45 bits per heavy atom. The number of aromatic nitrogens is 2. The van der Waals surface area contributed by atoms with Crippen LogP contribution in [0.5, 0.6) is 17.2 Å². The second-order valence-corrected chi connectivity index (χ2v) is 23.8. The highest BCUT2D eigenvalue weighted by Crippen LogP contribution is 2.54. The molecule has 5 aliphatic rings. The maximum atomic E-state index is 14.3. The number of nitro groups is 1. The number of amides is 1. The number of rotatable bonds is 13. The van der Waals surface area contributed by atoms with Crippen molar-refractivity contribution in [3.05, 3.63) is 99.7 Å². The van der Waals surface area contributed by atoms with E-state index in [1.807, 2.05) is 0 Å². The molecule has 3 aromatic carbocycles. The zero-order valence-corrected chi connectivity index (χ0v) is 41.7. The van der Waals surface area contributed by atoms with E-state index in [2.05, 4.69) is 72.6 Å². The summed E-state index contributed by atoms with van der Waals surface area (Å²) >= 11 is 0. The second kappa shape index (κ2) is 18.6. The summed E-state index contributed by atoms with van der Waals surface area (Å²) in [5.41, 5.74) is 2.56. The first-order valence-corrected chi connectivity index (χ1v) is 27.5. The summed E-state index contributed by atoms with van der Waals surface area (Å²) in [6.07, 6.45) is 10.6. The quantitative estimate of drug-likeness (QED) is 0.0485. The summed E-state index contributed by atoms with van der Waals surface area (Å²) in [6.45, 7) is 8.96. The van der Waals surface area contributed by atoms with E-state index in [1.54, 1.807) is 31.3 Å². The molecule has 2 aliphatic carbocycles. The number of nitrogens with two attached hydrogens (primary N) is 1. The first-order chi connectivity index (χ1) is 33.7. The van der Waals surface area contributed by atoms with E-state index in [1.165, 1.54) is 29.7 Å². The van der Waals surface area contributed by atoms with E-state index in [-0.39, 0.29) is 58.3 Å². The molecule has 1 spiro atoms. The van der Waals surface area contributed by atoms with E-state index in [0.717, 1.165) is 63.9 Å². The van der Waals surface area contributed by atoms with Gasteiger partial charge in [-0.25, -0.2) is 23.3 Å². The van der Waals surface area contributed by atoms with Crippen molar-refractivity contribution >= 4 is 60.1 Å². The van der Waals surface area contributed by atoms with Crippen LogP contribution >= 0.6 is 0 Å². The zero-order chi connectivity index (χ0) is 50.0. The number of hydrogen-bond acceptors (Lipinski definition) is 14. The number of H-pyrrole nitrogens is 1. The number of hydrogen-bond donors (Lipinski definition) is 6. The lowest BCUT2D eigenvalue weighted by atomic mass is 9.59. The third-order valence-electron chi connectivity index (χ3n) is 15.6. The predicted molar refractivity (Wildman–Crippen MR) is 269 cm³/mol. The number of fused-ring (bicyclic) bond motifs is 2. The number of pyridine rings is 1. The van der Waals surface area contributed by atoms with Gasteiger partial charge in [-0.3, -0.25) is 24.5 Å². The van der Waals surface area contributed by atoms with Gasteiger partial charge in [0.05, 0.1) is 27.0 Å². The molecule has 2 saturated carbocycles. The van der Waals surface area contributed by atoms with Crippen molar-refractivity contribution in [2.75, 3.05) is 41.2 Å². The minimum Gasteiger partial charge on any atom is -0.489 e. The lowest BCUT2D eigenvalue weighted by Crippen LogP contribution is -2.54. The molecular weight excluding hydrogens is 951 g/mol. The number of benzene rings is 3. The lowest BCUT2D eigenvalue weighted by Gasteiger charge is -2.56. The first-order valence-electron chi connectivity index (χ1n) is 24.5. The Labute approximate surface area is 413 Å². The molecule has 10 rings (SSSR count). The largest absolute Gasteiger partial charge is 0.489 e. The highest BCUT2D eigenvalue weighted by atomic mass is 32.2. The molecule has 2 saturated heterocycles. The Hall–Kier alpha value is -6.00. The second-order valence-electron chi connectivity index (χ2n) is 20.8. The molecule has 21 heteroatoms. The third-order valence-corrected chi connectivity index (χ3v) is 17.4. The van der Waals surface area contributed by atoms with Crippen LogP contribution in [0.3, 0.4) is 0 Å². The molecule has 378 valence electrons. The minimum absolute atomic E-state index is 0.0290. The maximum Gasteiger partial charge on any atom is 0.297 e. The van der Waals surface area contributed by atoms with Crippen LogP contribution in [0.2, 0.25) is 0 Å². The van der Waals surface area contributed by atoms with Crippen LogP contribution in [0, 0.1) is 21.4 Å². The third kappa shape index (κ3) is 9.98. The molecule has 1 amide bonds. The molecule has 2 aromatic heterocycles. The standard InChI is InChI=1S/C50H61N9O10S2/c1-30(2)36-7-4-5-8-37(36)40-9-6-20-58(40)34-27-50(28-34)17-21-57(22-18-50)33-10-11-38(42(24-33)69-44-23-32-14-19-52-46(32)54-47(44)55-71(51,66)67)48(60)56-70(64,65)35-25-41(59(62)63)45-43(26-35)68-29-39(53-45)31-12-15-49(3,61)16-13-31/h4-5,7-8,10-11,14,19,23-26,30-31,34,39-40,53,61H,6,9,12-13,15-18,20-22,27-29H2,1-3H3,(H,56,60)(H2,51,66,67)(H2,52,54,55)/t31?,39-,40-,49?/m1/s1. The van der Waals surface area contributed by atoms with Crippen molar-refractivity contribution in [2.24, 2.45) is 16.5 Å². The molecule has 71 heavy (non-hydrogen) atoms. The highest BCUT2D eigenvalue weighted by Gasteiger charge is 2.50. The van der Waals surface area contributed by atoms with Crippen molar-refractivity contribution in [2.45, 2.75) is 120 Å². The number of sulfonamides is 1. The fourth-order valence-electron chi connectivity index (χ4n) is 11.8. The fourth-order valence-corrected chi connectivity index (χ4v) is 13.2. The lowest BCUT2D eigenvalue weighted by molar-refractivity contribution is -0.384. The van der Waals surface area contributed by atoms with Crippen molar-refractivity contribution < 1.29 is 41.1 Å². The van der Waals surface area contributed by atoms with Gasteiger partial charge in [-0.05, 0) is 130 Å². The first kappa shape index (κ1) is 48.6. The van der Waals surface area contributed by atoms with Crippen LogP contribution in [0.15, 0.2) is 77.8 Å². The number of piperidine rings is 1. The molecular formula is C50H61N9O10S2. The molecule has 3 aliphatic heterocycles. The van der Waals surface area contributed by atoms with Crippen LogP contribution in [-0.4, -0.2) is 91.6 Å². The van der Waals surface area contributed by atoms with Crippen molar-refractivity contribution in [3.8, 4) is 17.2 Å². The number of nitrogens with one attached hydrogen (secondary N) is 4. The minimum atomic E-state index is -4.80. The van der Waals surface area contributed by atoms with Crippen LogP contribution in [0.25, 0.3) is 11.0 Å². The van der Waals surface area contributed by atoms with E-state index >= 15 is 0 Å². The summed E-state index contributed by atoms with van der Waals surface area (Å²) in [4.78, 5) is 37.7. The Bertz CT molecular complexity index is 3100. The SMILES string of the molecule is CC(C)c1ccccc1[C@H]1CCCN1C1CC2(CCN(c3ccc(C(=O)NS(=O)(=O)c4cc5c(c([N+](=O)[O-])c4)N[C@@H](C4CCC(C)(O)CC4)CO5)c(Oc4cc5cc[nH]c5nc4NS(N)(=O)=O)c3)CC2)C1. The summed E-state index contributed by atoms with van der Waals surface area (Å²) in [5, 5.41) is 32.0. The number of likely N-dealkylation sites (tertiary alicyclic amines) is 1. The molecule has 0 bridgehead atoms. The van der Waals surface area contributed by atoms with Gasteiger partial charge in [0, 0.05) is 60.6 Å². The fraction of sp³-hybridized carbons (Fsp3) is 0.480.